The van der Waals surface area contributed by atoms with Crippen LogP contribution in [0.2, 0.25) is 0 Å². The molecule has 0 saturated heterocycles. The summed E-state index contributed by atoms with van der Waals surface area (Å²) < 4.78 is 29.7. The van der Waals surface area contributed by atoms with Crippen LogP contribution in [0.25, 0.3) is 43.1 Å². The van der Waals surface area contributed by atoms with Crippen molar-refractivity contribution in [3.05, 3.63) is 238 Å². The number of carboxylic acids is 2. The molecule has 11 aromatic rings. The zero-order valence-corrected chi connectivity index (χ0v) is 68.6. The molecule has 2 atom stereocenters. The lowest BCUT2D eigenvalue weighted by molar-refractivity contribution is -0.142. The minimum absolute atomic E-state index is 0.0313. The highest BCUT2D eigenvalue weighted by Crippen LogP contribution is 2.59. The quantitative estimate of drug-likeness (QED) is 0.0332. The summed E-state index contributed by atoms with van der Waals surface area (Å²) in [6.45, 7) is 44.1. The van der Waals surface area contributed by atoms with E-state index in [-0.39, 0.29) is 145 Å². The first-order valence-corrected chi connectivity index (χ1v) is 39.1. The normalized spacial score (nSPS) is 14.6. The number of carbonyl (C=O) groups is 6. The van der Waals surface area contributed by atoms with Crippen molar-refractivity contribution in [1.82, 2.24) is 9.80 Å². The third-order valence-corrected chi connectivity index (χ3v) is 22.0. The van der Waals surface area contributed by atoms with Gasteiger partial charge in [-0.05, 0) is 175 Å². The zero-order chi connectivity index (χ0) is 81.1. The summed E-state index contributed by atoms with van der Waals surface area (Å²) in [5, 5.41) is 24.6. The summed E-state index contributed by atoms with van der Waals surface area (Å²) in [4.78, 5) is 95.2. The van der Waals surface area contributed by atoms with Crippen LogP contribution in [0.3, 0.4) is 0 Å². The smallest absolute Gasteiger partial charge is 0.327 e. The van der Waals surface area contributed by atoms with Gasteiger partial charge in [-0.3, -0.25) is 29.0 Å². The zero-order valence-electron chi connectivity index (χ0n) is 68.6. The number of rotatable bonds is 24. The molecule has 580 valence electrons. The standard InChI is InChI=1S/C98H106N2O12/c1-91(2,3)53-95(13,14)59-31-39-63(40-32-59)109-73-49-67-77-68(86(102)99(85(67)101)71(89(105)106)47-57-27-23-21-24-28-57)51-75(111-65-43-35-61(36-44-65)97(17,18)55-93(7,8)9)81-82-76(112-66-45-37-62(38-46-66)98(19,20)56-94(10,11)12)52-70-78-69(87(103)100(88(70)104)72(90(107)108)48-58-29-25-22-26-30-58)50-74(80(84(78)82)79(73)83(77)81)110-64-41-33-60(34-42-64)96(15,16)54-92(4,5)6/h21-46,49-52,71-72H,47-48,53-56H2,1-20H3,(H,105,106)(H,107,108). The Hall–Kier alpha value is -10.9. The molecule has 2 unspecified atom stereocenters. The number of imide groups is 2. The lowest BCUT2D eigenvalue weighted by Gasteiger charge is -2.35. The largest absolute Gasteiger partial charge is 0.480 e. The fraction of sp³-hybridized carbons (Fsp3) is 0.367. The number of ether oxygens (including phenoxy) is 4. The van der Waals surface area contributed by atoms with Crippen LogP contribution < -0.4 is 18.9 Å². The molecule has 14 nitrogen and oxygen atoms in total. The summed E-state index contributed by atoms with van der Waals surface area (Å²) >= 11 is 0. The van der Waals surface area contributed by atoms with Crippen molar-refractivity contribution in [2.45, 2.75) is 211 Å². The Balaban J connectivity index is 1.21. The van der Waals surface area contributed by atoms with Gasteiger partial charge in [0.1, 0.15) is 58.1 Å². The fourth-order valence-electron chi connectivity index (χ4n) is 18.8. The van der Waals surface area contributed by atoms with E-state index in [2.05, 4.69) is 138 Å². The number of fused-ring (bicyclic) bond motifs is 2. The molecule has 13 rings (SSSR count). The second kappa shape index (κ2) is 28.7. The van der Waals surface area contributed by atoms with Crippen molar-refractivity contribution in [2.24, 2.45) is 21.7 Å². The van der Waals surface area contributed by atoms with Crippen molar-refractivity contribution in [3.8, 4) is 46.0 Å². The molecule has 0 fully saturated rings. The topological polar surface area (TPSA) is 186 Å². The fourth-order valence-corrected chi connectivity index (χ4v) is 18.8. The highest BCUT2D eigenvalue weighted by molar-refractivity contribution is 6.45. The molecular weight excluding hydrogens is 1400 g/mol. The van der Waals surface area contributed by atoms with E-state index in [9.17, 15) is 19.8 Å². The van der Waals surface area contributed by atoms with E-state index in [1.165, 1.54) is 0 Å². The van der Waals surface area contributed by atoms with Gasteiger partial charge in [-0.2, -0.15) is 0 Å². The molecule has 0 aliphatic carbocycles. The number of nitrogens with zero attached hydrogens (tertiary/aromatic N) is 2. The maximum absolute atomic E-state index is 16.4. The average molecular weight is 1500 g/mol. The predicted octanol–water partition coefficient (Wildman–Crippen LogP) is 24.3. The predicted molar refractivity (Wildman–Crippen MR) is 446 cm³/mol. The molecule has 2 N–H and O–H groups in total. The van der Waals surface area contributed by atoms with Gasteiger partial charge in [0.25, 0.3) is 23.6 Å². The van der Waals surface area contributed by atoms with Gasteiger partial charge in [-0.15, -0.1) is 0 Å². The number of aliphatic carboxylic acids is 2. The van der Waals surface area contributed by atoms with Crippen molar-refractivity contribution in [2.75, 3.05) is 0 Å². The Bertz CT molecular complexity index is 4890. The van der Waals surface area contributed by atoms with Crippen LogP contribution in [-0.2, 0) is 44.1 Å². The molecule has 11 aromatic carbocycles. The number of benzene rings is 11. The molecule has 0 aromatic heterocycles. The summed E-state index contributed by atoms with van der Waals surface area (Å²) in [7, 11) is 0. The number of amides is 4. The van der Waals surface area contributed by atoms with Gasteiger partial charge in [-0.1, -0.05) is 248 Å². The highest BCUT2D eigenvalue weighted by atomic mass is 16.5. The van der Waals surface area contributed by atoms with Crippen LogP contribution in [-0.4, -0.2) is 67.7 Å². The number of hydrogen-bond donors (Lipinski definition) is 2. The minimum atomic E-state index is -1.71. The number of hydrogen-bond acceptors (Lipinski definition) is 10. The SMILES string of the molecule is CC(C)(C)CC(C)(C)c1ccc(Oc2cc3c4c(cc(Oc5ccc(C(C)(C)CC(C)(C)C)cc5)c5c6c(Oc7ccc(C(C)(C)CC(C)(C)C)cc7)cc7c8c(cc(Oc9ccc(C(C)(C)CC(C)(C)C)cc9)c(c2c45)c86)C(=O)N(C(Cc2ccccc2)C(=O)O)C7=O)C(=O)N(C(Cc2ccccc2)C(=O)O)C3=O)cc1. The third-order valence-electron chi connectivity index (χ3n) is 22.0. The molecule has 0 saturated carbocycles. The van der Waals surface area contributed by atoms with Gasteiger partial charge in [0.2, 0.25) is 0 Å². The van der Waals surface area contributed by atoms with E-state index in [0.29, 0.717) is 34.1 Å². The Morgan fingerprint density at radius 2 is 0.500 bits per heavy atom. The first-order valence-electron chi connectivity index (χ1n) is 39.1. The second-order valence-corrected chi connectivity index (χ2v) is 38.7. The maximum Gasteiger partial charge on any atom is 0.327 e. The van der Waals surface area contributed by atoms with Crippen LogP contribution in [0.1, 0.15) is 239 Å². The summed E-state index contributed by atoms with van der Waals surface area (Å²) in [5.74, 6) is -4.90. The third kappa shape index (κ3) is 15.9. The number of carbonyl (C=O) groups excluding carboxylic acids is 4. The van der Waals surface area contributed by atoms with E-state index in [1.54, 1.807) is 84.9 Å². The van der Waals surface area contributed by atoms with Gasteiger partial charge >= 0.3 is 11.9 Å². The van der Waals surface area contributed by atoms with Gasteiger partial charge in [0.15, 0.2) is 0 Å². The molecule has 0 radical (unpaired) electrons. The Labute approximate surface area is 658 Å². The van der Waals surface area contributed by atoms with Crippen LogP contribution in [0, 0.1) is 21.7 Å². The van der Waals surface area contributed by atoms with Crippen LogP contribution in [0.5, 0.6) is 46.0 Å². The monoisotopic (exact) mass is 1500 g/mol. The van der Waals surface area contributed by atoms with Crippen molar-refractivity contribution < 1.29 is 57.9 Å². The average Bonchev–Trinajstić information content (AvgIpc) is 0.670. The van der Waals surface area contributed by atoms with Crippen LogP contribution in [0.4, 0.5) is 0 Å². The molecule has 14 heteroatoms. The first kappa shape index (κ1) is 79.2. The molecule has 112 heavy (non-hydrogen) atoms. The lowest BCUT2D eigenvalue weighted by atomic mass is 9.72. The Kier molecular flexibility index (Phi) is 20.3. The van der Waals surface area contributed by atoms with Crippen molar-refractivity contribution in [1.29, 1.82) is 0 Å². The van der Waals surface area contributed by atoms with E-state index < -0.39 is 47.7 Å². The van der Waals surface area contributed by atoms with Gasteiger partial charge in [-0.25, -0.2) is 9.59 Å². The van der Waals surface area contributed by atoms with E-state index in [0.717, 1.165) is 57.7 Å². The lowest BCUT2D eigenvalue weighted by Crippen LogP contribution is -2.51. The summed E-state index contributed by atoms with van der Waals surface area (Å²) in [5.41, 5.74) is 3.73. The van der Waals surface area contributed by atoms with Gasteiger partial charge in [0.05, 0.1) is 22.3 Å². The summed E-state index contributed by atoms with van der Waals surface area (Å²) in [6.07, 6.45) is 2.92. The summed E-state index contributed by atoms with van der Waals surface area (Å²) in [6, 6.07) is 51.6. The van der Waals surface area contributed by atoms with Gasteiger partial charge in [0, 0.05) is 55.9 Å². The molecule has 2 aliphatic heterocycles. The van der Waals surface area contributed by atoms with Gasteiger partial charge < -0.3 is 29.2 Å². The first-order chi connectivity index (χ1) is 52.3. The molecule has 4 amide bonds. The Morgan fingerprint density at radius 3 is 0.688 bits per heavy atom. The van der Waals surface area contributed by atoms with E-state index >= 15 is 19.2 Å². The molecule has 0 spiro atoms. The molecule has 2 heterocycles. The Morgan fingerprint density at radius 1 is 0.295 bits per heavy atom. The van der Waals surface area contributed by atoms with Crippen LogP contribution >= 0.6 is 0 Å². The number of carboxylic acid groups (broad SMARTS) is 2. The highest BCUT2D eigenvalue weighted by Gasteiger charge is 2.47. The maximum atomic E-state index is 16.4. The van der Waals surface area contributed by atoms with E-state index in [1.807, 2.05) is 97.1 Å². The van der Waals surface area contributed by atoms with Crippen molar-refractivity contribution in [3.63, 3.8) is 0 Å². The van der Waals surface area contributed by atoms with E-state index in [4.69, 9.17) is 18.9 Å². The minimum Gasteiger partial charge on any atom is -0.480 e. The molecule has 0 bridgehead atoms. The van der Waals surface area contributed by atoms with Crippen LogP contribution in [0.15, 0.2) is 182 Å². The second-order valence-electron chi connectivity index (χ2n) is 38.7. The van der Waals surface area contributed by atoms with Crippen molar-refractivity contribution >= 4 is 78.7 Å². The molecule has 2 aliphatic rings. The molecular formula is C98H106N2O12.